The highest BCUT2D eigenvalue weighted by Crippen LogP contribution is 2.34. The van der Waals surface area contributed by atoms with Gasteiger partial charge >= 0.3 is 0 Å². The van der Waals surface area contributed by atoms with Gasteiger partial charge < -0.3 is 9.72 Å². The lowest BCUT2D eigenvalue weighted by Crippen LogP contribution is -2.21. The minimum atomic E-state index is 0.490. The number of H-pyrrole nitrogens is 1. The number of nitrogens with one attached hydrogen (secondary N) is 1. The molecule has 4 rings (SSSR count). The van der Waals surface area contributed by atoms with E-state index in [-0.39, 0.29) is 0 Å². The second kappa shape index (κ2) is 6.42. The predicted octanol–water partition coefficient (Wildman–Crippen LogP) is 2.76. The van der Waals surface area contributed by atoms with Crippen LogP contribution in [0.2, 0.25) is 0 Å². The first-order valence-electron chi connectivity index (χ1n) is 8.49. The van der Waals surface area contributed by atoms with Gasteiger partial charge in [-0.3, -0.25) is 9.58 Å². The lowest BCUT2D eigenvalue weighted by atomic mass is 9.92. The molecule has 0 amide bonds. The first-order chi connectivity index (χ1) is 11.7. The Morgan fingerprint density at radius 1 is 1.29 bits per heavy atom. The van der Waals surface area contributed by atoms with Crippen LogP contribution in [0, 0.1) is 5.92 Å². The number of hydrogen-bond donors (Lipinski definition) is 1. The minimum Gasteiger partial charge on any atom is -0.384 e. The molecule has 1 N–H and O–H groups in total. The Kier molecular flexibility index (Phi) is 4.12. The number of likely N-dealkylation sites (tertiary alicyclic amines) is 1. The van der Waals surface area contributed by atoms with E-state index in [0.717, 1.165) is 26.2 Å². The molecule has 3 heterocycles. The Morgan fingerprint density at radius 3 is 3.00 bits per heavy atom. The van der Waals surface area contributed by atoms with E-state index < -0.39 is 0 Å². The molecule has 24 heavy (non-hydrogen) atoms. The zero-order valence-electron chi connectivity index (χ0n) is 14.3. The van der Waals surface area contributed by atoms with Crippen molar-refractivity contribution in [2.75, 3.05) is 26.8 Å². The molecule has 0 aliphatic carbocycles. The van der Waals surface area contributed by atoms with Crippen LogP contribution in [0.25, 0.3) is 10.9 Å². The smallest absolute Gasteiger partial charge is 0.0525 e. The van der Waals surface area contributed by atoms with Crippen molar-refractivity contribution in [3.8, 4) is 0 Å². The maximum atomic E-state index is 5.48. The number of rotatable bonds is 5. The molecule has 1 aliphatic heterocycles. The van der Waals surface area contributed by atoms with Crippen molar-refractivity contribution < 1.29 is 4.74 Å². The second-order valence-electron chi connectivity index (χ2n) is 6.82. The van der Waals surface area contributed by atoms with Gasteiger partial charge in [-0.2, -0.15) is 5.10 Å². The summed E-state index contributed by atoms with van der Waals surface area (Å²) in [4.78, 5) is 5.85. The predicted molar refractivity (Wildman–Crippen MR) is 94.9 cm³/mol. The molecule has 2 aromatic heterocycles. The van der Waals surface area contributed by atoms with Crippen molar-refractivity contribution in [1.29, 1.82) is 0 Å². The summed E-state index contributed by atoms with van der Waals surface area (Å²) in [7, 11) is 3.78. The third-order valence-corrected chi connectivity index (χ3v) is 5.13. The second-order valence-corrected chi connectivity index (χ2v) is 6.82. The van der Waals surface area contributed by atoms with Gasteiger partial charge in [-0.05, 0) is 23.3 Å². The van der Waals surface area contributed by atoms with E-state index in [1.54, 1.807) is 7.11 Å². The lowest BCUT2D eigenvalue weighted by Gasteiger charge is -2.16. The van der Waals surface area contributed by atoms with Crippen LogP contribution < -0.4 is 0 Å². The monoisotopic (exact) mass is 324 g/mol. The van der Waals surface area contributed by atoms with Gasteiger partial charge in [0, 0.05) is 68.9 Å². The van der Waals surface area contributed by atoms with Gasteiger partial charge in [-0.15, -0.1) is 0 Å². The standard InChI is InChI=1S/C19H24N4O/c1-22-9-15(8-21-22)18-12-23(11-16(18)13-24-2)10-14-4-3-5-19-17(14)6-7-20-19/h3-9,16,18,20H,10-13H2,1-2H3/t16-,18-/m0/s1. The van der Waals surface area contributed by atoms with Crippen molar-refractivity contribution in [3.05, 3.63) is 54.0 Å². The molecule has 0 radical (unpaired) electrons. The van der Waals surface area contributed by atoms with Crippen molar-refractivity contribution in [3.63, 3.8) is 0 Å². The molecule has 0 bridgehead atoms. The Balaban J connectivity index is 1.55. The largest absolute Gasteiger partial charge is 0.384 e. The summed E-state index contributed by atoms with van der Waals surface area (Å²) in [5, 5.41) is 5.68. The van der Waals surface area contributed by atoms with E-state index in [1.165, 1.54) is 22.0 Å². The molecule has 3 aromatic rings. The van der Waals surface area contributed by atoms with E-state index in [4.69, 9.17) is 4.74 Å². The fourth-order valence-corrected chi connectivity index (χ4v) is 4.01. The van der Waals surface area contributed by atoms with Crippen LogP contribution in [0.5, 0.6) is 0 Å². The number of methoxy groups -OCH3 is 1. The number of aryl methyl sites for hydroxylation is 1. The molecule has 2 atom stereocenters. The molecule has 0 unspecified atom stereocenters. The summed E-state index contributed by atoms with van der Waals surface area (Å²) in [6, 6.07) is 8.68. The number of ether oxygens (including phenoxy) is 1. The Bertz CT molecular complexity index is 822. The van der Waals surface area contributed by atoms with Gasteiger partial charge in [-0.1, -0.05) is 12.1 Å². The summed E-state index contributed by atoms with van der Waals surface area (Å²) >= 11 is 0. The maximum Gasteiger partial charge on any atom is 0.0525 e. The molecule has 1 aromatic carbocycles. The van der Waals surface area contributed by atoms with Crippen LogP contribution in [-0.2, 0) is 18.3 Å². The van der Waals surface area contributed by atoms with Gasteiger partial charge in [0.05, 0.1) is 12.8 Å². The zero-order valence-corrected chi connectivity index (χ0v) is 14.3. The van der Waals surface area contributed by atoms with Crippen molar-refractivity contribution in [2.45, 2.75) is 12.5 Å². The third kappa shape index (κ3) is 2.85. The van der Waals surface area contributed by atoms with Crippen molar-refractivity contribution in [2.24, 2.45) is 13.0 Å². The Labute approximate surface area is 142 Å². The highest BCUT2D eigenvalue weighted by atomic mass is 16.5. The topological polar surface area (TPSA) is 46.1 Å². The minimum absolute atomic E-state index is 0.490. The van der Waals surface area contributed by atoms with Gasteiger partial charge in [0.25, 0.3) is 0 Å². The first kappa shape index (κ1) is 15.4. The lowest BCUT2D eigenvalue weighted by molar-refractivity contribution is 0.147. The molecule has 126 valence electrons. The van der Waals surface area contributed by atoms with Crippen molar-refractivity contribution >= 4 is 10.9 Å². The fraction of sp³-hybridized carbons (Fsp3) is 0.421. The van der Waals surface area contributed by atoms with Crippen LogP contribution >= 0.6 is 0 Å². The Hall–Kier alpha value is -2.11. The molecule has 1 saturated heterocycles. The zero-order chi connectivity index (χ0) is 16.5. The summed E-state index contributed by atoms with van der Waals surface area (Å²) in [5.41, 5.74) is 3.92. The highest BCUT2D eigenvalue weighted by molar-refractivity contribution is 5.82. The number of benzene rings is 1. The van der Waals surface area contributed by atoms with Gasteiger partial charge in [0.1, 0.15) is 0 Å². The molecular weight excluding hydrogens is 300 g/mol. The molecule has 5 heteroatoms. The summed E-state index contributed by atoms with van der Waals surface area (Å²) in [6.45, 7) is 3.89. The molecule has 5 nitrogen and oxygen atoms in total. The summed E-state index contributed by atoms with van der Waals surface area (Å²) in [5.74, 6) is 1.01. The highest BCUT2D eigenvalue weighted by Gasteiger charge is 2.34. The van der Waals surface area contributed by atoms with E-state index in [2.05, 4.69) is 45.4 Å². The SMILES string of the molecule is COC[C@@H]1CN(Cc2cccc3[nH]ccc23)C[C@H]1c1cnn(C)c1. The first-order valence-corrected chi connectivity index (χ1v) is 8.49. The van der Waals surface area contributed by atoms with Crippen LogP contribution in [0.15, 0.2) is 42.9 Å². The molecule has 1 fully saturated rings. The average molecular weight is 324 g/mol. The van der Waals surface area contributed by atoms with Crippen molar-refractivity contribution in [1.82, 2.24) is 19.7 Å². The fourth-order valence-electron chi connectivity index (χ4n) is 4.01. The molecular formula is C19H24N4O. The van der Waals surface area contributed by atoms with Crippen LogP contribution in [0.1, 0.15) is 17.0 Å². The van der Waals surface area contributed by atoms with E-state index >= 15 is 0 Å². The Morgan fingerprint density at radius 2 is 2.21 bits per heavy atom. The number of aromatic nitrogens is 3. The van der Waals surface area contributed by atoms with Crippen LogP contribution in [0.3, 0.4) is 0 Å². The van der Waals surface area contributed by atoms with Crippen LogP contribution in [-0.4, -0.2) is 46.5 Å². The number of fused-ring (bicyclic) bond motifs is 1. The third-order valence-electron chi connectivity index (χ3n) is 5.13. The maximum absolute atomic E-state index is 5.48. The van der Waals surface area contributed by atoms with Gasteiger partial charge in [0.15, 0.2) is 0 Å². The summed E-state index contributed by atoms with van der Waals surface area (Å²) in [6.07, 6.45) is 6.16. The number of aromatic amines is 1. The normalized spacial score (nSPS) is 21.8. The van der Waals surface area contributed by atoms with Crippen LogP contribution in [0.4, 0.5) is 0 Å². The molecule has 0 spiro atoms. The van der Waals surface area contributed by atoms with Gasteiger partial charge in [-0.25, -0.2) is 0 Å². The number of nitrogens with zero attached hydrogens (tertiary/aromatic N) is 3. The summed E-state index contributed by atoms with van der Waals surface area (Å²) < 4.78 is 7.37. The van der Waals surface area contributed by atoms with E-state index in [1.807, 2.05) is 24.1 Å². The molecule has 1 aliphatic rings. The molecule has 0 saturated carbocycles. The quantitative estimate of drug-likeness (QED) is 0.785. The van der Waals surface area contributed by atoms with Gasteiger partial charge in [0.2, 0.25) is 0 Å². The van der Waals surface area contributed by atoms with E-state index in [9.17, 15) is 0 Å². The average Bonchev–Trinajstić information content (AvgIpc) is 3.28. The van der Waals surface area contributed by atoms with E-state index in [0.29, 0.717) is 11.8 Å². The number of hydrogen-bond acceptors (Lipinski definition) is 3.